The zero-order valence-electron chi connectivity index (χ0n) is 13.2. The lowest BCUT2D eigenvalue weighted by Gasteiger charge is -2.15. The molecule has 2 N–H and O–H groups in total. The number of aromatic nitrogens is 2. The maximum Gasteiger partial charge on any atom is 0.330 e. The van der Waals surface area contributed by atoms with Gasteiger partial charge in [-0.3, -0.25) is 14.3 Å². The molecule has 3 rings (SSSR count). The largest absolute Gasteiger partial charge is 0.393 e. The predicted octanol–water partition coefficient (Wildman–Crippen LogP) is 1.37. The minimum Gasteiger partial charge on any atom is -0.393 e. The highest BCUT2D eigenvalue weighted by molar-refractivity contribution is 5.53. The molecule has 2 atom stereocenters. The molecule has 0 spiro atoms. The third-order valence-electron chi connectivity index (χ3n) is 3.86. The van der Waals surface area contributed by atoms with Crippen LogP contribution in [-0.4, -0.2) is 27.4 Å². The van der Waals surface area contributed by atoms with Crippen molar-refractivity contribution in [3.63, 3.8) is 0 Å². The van der Waals surface area contributed by atoms with Gasteiger partial charge < -0.3 is 9.84 Å². The van der Waals surface area contributed by atoms with Crippen molar-refractivity contribution in [2.45, 2.75) is 19.3 Å². The van der Waals surface area contributed by atoms with Crippen molar-refractivity contribution in [2.75, 3.05) is 6.61 Å². The Morgan fingerprint density at radius 1 is 1.25 bits per heavy atom. The van der Waals surface area contributed by atoms with Crippen LogP contribution in [0.4, 0.5) is 0 Å². The van der Waals surface area contributed by atoms with Gasteiger partial charge in [-0.25, -0.2) is 4.79 Å². The summed E-state index contributed by atoms with van der Waals surface area (Å²) in [5.41, 5.74) is 1.26. The fraction of sp³-hybridized carbons (Fsp3) is 0.222. The summed E-state index contributed by atoms with van der Waals surface area (Å²) >= 11 is 0. The predicted molar refractivity (Wildman–Crippen MR) is 90.6 cm³/mol. The van der Waals surface area contributed by atoms with E-state index in [-0.39, 0.29) is 6.61 Å². The van der Waals surface area contributed by atoms with E-state index in [0.29, 0.717) is 5.56 Å². The van der Waals surface area contributed by atoms with Gasteiger partial charge in [-0.05, 0) is 24.1 Å². The highest BCUT2D eigenvalue weighted by Crippen LogP contribution is 2.27. The molecule has 0 saturated heterocycles. The van der Waals surface area contributed by atoms with E-state index in [4.69, 9.17) is 4.74 Å². The number of hydrogen-bond donors (Lipinski definition) is 2. The zero-order valence-corrected chi connectivity index (χ0v) is 13.2. The van der Waals surface area contributed by atoms with E-state index in [1.807, 2.05) is 42.5 Å². The number of H-pyrrole nitrogens is 1. The molecule has 1 aromatic heterocycles. The van der Waals surface area contributed by atoms with Crippen LogP contribution >= 0.6 is 0 Å². The van der Waals surface area contributed by atoms with Crippen molar-refractivity contribution in [1.29, 1.82) is 0 Å². The molecule has 6 nitrogen and oxygen atoms in total. The van der Waals surface area contributed by atoms with Gasteiger partial charge in [0.1, 0.15) is 6.10 Å². The molecule has 0 aliphatic carbocycles. The van der Waals surface area contributed by atoms with Gasteiger partial charge in [0.05, 0.1) is 6.61 Å². The minimum absolute atomic E-state index is 0.196. The Balaban J connectivity index is 1.91. The Labute approximate surface area is 138 Å². The number of nitrogens with zero attached hydrogens (tertiary/aromatic N) is 1. The number of aliphatic hydroxyl groups excluding tert-OH is 1. The third kappa shape index (κ3) is 3.29. The van der Waals surface area contributed by atoms with Crippen LogP contribution in [0.1, 0.15) is 17.4 Å². The molecule has 1 aliphatic rings. The summed E-state index contributed by atoms with van der Waals surface area (Å²) in [5, 5.41) is 9.52. The summed E-state index contributed by atoms with van der Waals surface area (Å²) in [6, 6.07) is 9.75. The first-order valence-electron chi connectivity index (χ1n) is 7.61. The second-order valence-corrected chi connectivity index (χ2v) is 5.59. The molecule has 0 saturated carbocycles. The van der Waals surface area contributed by atoms with Gasteiger partial charge in [0.15, 0.2) is 6.23 Å². The summed E-state index contributed by atoms with van der Waals surface area (Å²) < 4.78 is 7.03. The molecule has 0 unspecified atom stereocenters. The van der Waals surface area contributed by atoms with Crippen LogP contribution in [-0.2, 0) is 4.74 Å². The van der Waals surface area contributed by atoms with Crippen molar-refractivity contribution in [1.82, 2.24) is 9.55 Å². The Morgan fingerprint density at radius 3 is 2.71 bits per heavy atom. The summed E-state index contributed by atoms with van der Waals surface area (Å²) in [5.74, 6) is 0. The van der Waals surface area contributed by atoms with E-state index in [1.54, 1.807) is 13.0 Å². The van der Waals surface area contributed by atoms with E-state index in [1.165, 1.54) is 10.8 Å². The van der Waals surface area contributed by atoms with Crippen LogP contribution in [0.2, 0.25) is 0 Å². The van der Waals surface area contributed by atoms with E-state index in [2.05, 4.69) is 4.98 Å². The van der Waals surface area contributed by atoms with Gasteiger partial charge in [0, 0.05) is 11.8 Å². The Kier molecular flexibility index (Phi) is 4.59. The molecule has 6 heteroatoms. The average molecular weight is 326 g/mol. The van der Waals surface area contributed by atoms with Gasteiger partial charge in [-0.15, -0.1) is 0 Å². The zero-order chi connectivity index (χ0) is 17.1. The monoisotopic (exact) mass is 326 g/mol. The first kappa shape index (κ1) is 16.2. The highest BCUT2D eigenvalue weighted by Gasteiger charge is 2.27. The quantitative estimate of drug-likeness (QED) is 0.889. The lowest BCUT2D eigenvalue weighted by Crippen LogP contribution is -2.33. The Morgan fingerprint density at radius 2 is 2.00 bits per heavy atom. The standard InChI is InChI=1S/C18H18N2O4/c1-12-10-20(18(23)19-17(12)22)16-9-14(15(11-21)24-16)8-7-13-5-3-2-4-6-13/h2-10,15-16,21H,11H2,1H3,(H,19,22,23)/b8-7+/t15-,16-/m1/s1. The number of hydrogen-bond acceptors (Lipinski definition) is 4. The molecule has 0 fully saturated rings. The lowest BCUT2D eigenvalue weighted by molar-refractivity contribution is -0.0129. The maximum atomic E-state index is 12.0. The summed E-state index contributed by atoms with van der Waals surface area (Å²) in [6.45, 7) is 1.42. The molecule has 1 aliphatic heterocycles. The molecule has 24 heavy (non-hydrogen) atoms. The number of rotatable bonds is 4. The smallest absolute Gasteiger partial charge is 0.330 e. The summed E-state index contributed by atoms with van der Waals surface area (Å²) in [7, 11) is 0. The minimum atomic E-state index is -0.666. The van der Waals surface area contributed by atoms with Gasteiger partial charge >= 0.3 is 5.69 Å². The number of ether oxygens (including phenoxy) is 1. The molecule has 0 amide bonds. The highest BCUT2D eigenvalue weighted by atomic mass is 16.5. The maximum absolute atomic E-state index is 12.0. The van der Waals surface area contributed by atoms with Crippen LogP contribution in [0.25, 0.3) is 6.08 Å². The van der Waals surface area contributed by atoms with Crippen molar-refractivity contribution in [3.8, 4) is 0 Å². The Bertz CT molecular complexity index is 893. The normalized spacial score (nSPS) is 20.5. The molecule has 2 heterocycles. The third-order valence-corrected chi connectivity index (χ3v) is 3.86. The summed E-state index contributed by atoms with van der Waals surface area (Å²) in [6.07, 6.45) is 5.82. The van der Waals surface area contributed by atoms with E-state index in [9.17, 15) is 14.7 Å². The second kappa shape index (κ2) is 6.82. The van der Waals surface area contributed by atoms with Crippen molar-refractivity contribution >= 4 is 6.08 Å². The van der Waals surface area contributed by atoms with Gasteiger partial charge in [-0.2, -0.15) is 0 Å². The van der Waals surface area contributed by atoms with Crippen LogP contribution < -0.4 is 11.2 Å². The van der Waals surface area contributed by atoms with Crippen LogP contribution in [0, 0.1) is 6.92 Å². The lowest BCUT2D eigenvalue weighted by atomic mass is 10.1. The van der Waals surface area contributed by atoms with Crippen LogP contribution in [0.15, 0.2) is 63.8 Å². The number of benzene rings is 1. The number of aromatic amines is 1. The van der Waals surface area contributed by atoms with E-state index in [0.717, 1.165) is 11.1 Å². The molecule has 0 radical (unpaired) electrons. The van der Waals surface area contributed by atoms with E-state index >= 15 is 0 Å². The Hall–Kier alpha value is -2.70. The van der Waals surface area contributed by atoms with Crippen LogP contribution in [0.3, 0.4) is 0 Å². The van der Waals surface area contributed by atoms with Gasteiger partial charge in [0.25, 0.3) is 5.56 Å². The van der Waals surface area contributed by atoms with Crippen molar-refractivity contribution in [3.05, 3.63) is 86.2 Å². The molecular weight excluding hydrogens is 308 g/mol. The van der Waals surface area contributed by atoms with Crippen molar-refractivity contribution < 1.29 is 9.84 Å². The first-order valence-corrected chi connectivity index (χ1v) is 7.61. The van der Waals surface area contributed by atoms with Crippen molar-refractivity contribution in [2.24, 2.45) is 0 Å². The SMILES string of the molecule is Cc1cn([C@H]2C=C(/C=C/c3ccccc3)[C@@H](CO)O2)c(=O)[nH]c1=O. The van der Waals surface area contributed by atoms with Gasteiger partial charge in [0.2, 0.25) is 0 Å². The molecule has 124 valence electrons. The van der Waals surface area contributed by atoms with Crippen LogP contribution in [0.5, 0.6) is 0 Å². The fourth-order valence-corrected chi connectivity index (χ4v) is 2.55. The molecule has 2 aromatic rings. The molecule has 1 aromatic carbocycles. The topological polar surface area (TPSA) is 84.3 Å². The van der Waals surface area contributed by atoms with Gasteiger partial charge in [-0.1, -0.05) is 42.5 Å². The molecular formula is C18H18N2O4. The fourth-order valence-electron chi connectivity index (χ4n) is 2.55. The average Bonchev–Trinajstić information content (AvgIpc) is 3.00. The molecule has 0 bridgehead atoms. The summed E-state index contributed by atoms with van der Waals surface area (Å²) in [4.78, 5) is 25.7. The second-order valence-electron chi connectivity index (χ2n) is 5.59. The number of aryl methyl sites for hydroxylation is 1. The number of nitrogens with one attached hydrogen (secondary N) is 1. The van der Waals surface area contributed by atoms with E-state index < -0.39 is 23.6 Å². The number of aliphatic hydroxyl groups is 1. The first-order chi connectivity index (χ1) is 11.6.